The molecule has 0 heterocycles. The number of nitrogens with two attached hydrogens (primary N) is 3. The Bertz CT molecular complexity index is 403. The highest BCUT2D eigenvalue weighted by Crippen LogP contribution is 2.13. The van der Waals surface area contributed by atoms with E-state index >= 15 is 0 Å². The van der Waals surface area contributed by atoms with E-state index in [1.807, 2.05) is 13.8 Å². The normalized spacial score (nSPS) is 14.8. The summed E-state index contributed by atoms with van der Waals surface area (Å²) in [4.78, 5) is 33.3. The van der Waals surface area contributed by atoms with Gasteiger partial charge >= 0.3 is 18.0 Å². The van der Waals surface area contributed by atoms with Crippen LogP contribution < -0.4 is 22.5 Å². The Morgan fingerprint density at radius 3 is 2.30 bits per heavy atom. The van der Waals surface area contributed by atoms with Crippen LogP contribution in [0.1, 0.15) is 39.5 Å². The number of carboxylic acids is 1. The molecule has 0 aromatic heterocycles. The van der Waals surface area contributed by atoms with Gasteiger partial charge in [0.15, 0.2) is 0 Å². The maximum atomic E-state index is 11.9. The van der Waals surface area contributed by atoms with Gasteiger partial charge < -0.3 is 32.4 Å². The zero-order chi connectivity index (χ0) is 18.0. The van der Waals surface area contributed by atoms with Gasteiger partial charge in [0.2, 0.25) is 0 Å². The van der Waals surface area contributed by atoms with Crippen LogP contribution in [0.5, 0.6) is 0 Å². The molecular formula is C14H28N4O5. The number of carboxylic acid groups (broad SMARTS) is 1. The van der Waals surface area contributed by atoms with Gasteiger partial charge in [-0.3, -0.25) is 9.59 Å². The lowest BCUT2D eigenvalue weighted by Crippen LogP contribution is -2.44. The minimum Gasteiger partial charge on any atom is -0.481 e. The number of nitrogens with one attached hydrogen (secondary N) is 1. The second kappa shape index (κ2) is 10.8. The van der Waals surface area contributed by atoms with Crippen LogP contribution in [0.25, 0.3) is 0 Å². The maximum absolute atomic E-state index is 11.9. The highest BCUT2D eigenvalue weighted by Gasteiger charge is 2.27. The first-order chi connectivity index (χ1) is 10.6. The lowest BCUT2D eigenvalue weighted by atomic mass is 9.98. The molecule has 0 bridgehead atoms. The van der Waals surface area contributed by atoms with Gasteiger partial charge in [-0.05, 0) is 25.2 Å². The van der Waals surface area contributed by atoms with Crippen molar-refractivity contribution in [3.63, 3.8) is 0 Å². The molecule has 0 fully saturated rings. The van der Waals surface area contributed by atoms with Crippen molar-refractivity contribution in [2.45, 2.75) is 57.7 Å². The van der Waals surface area contributed by atoms with Crippen LogP contribution in [0.3, 0.4) is 0 Å². The molecule has 0 saturated heterocycles. The number of urea groups is 1. The smallest absolute Gasteiger partial charge is 0.323 e. The van der Waals surface area contributed by atoms with Crippen LogP contribution in [0, 0.1) is 5.92 Å². The molecule has 3 atom stereocenters. The van der Waals surface area contributed by atoms with Crippen LogP contribution in [0.4, 0.5) is 4.79 Å². The number of hydrogen-bond donors (Lipinski definition) is 5. The number of amides is 2. The van der Waals surface area contributed by atoms with Crippen LogP contribution in [0.2, 0.25) is 0 Å². The van der Waals surface area contributed by atoms with E-state index in [1.165, 1.54) is 0 Å². The molecule has 23 heavy (non-hydrogen) atoms. The first kappa shape index (κ1) is 21.1. The monoisotopic (exact) mass is 332 g/mol. The number of ether oxygens (including phenoxy) is 1. The SMILES string of the molecule is CC(C)C[C@H](N)[C@H](CC(=O)O)OC(=O)[C@@H](N)CCCNC(N)=O. The summed E-state index contributed by atoms with van der Waals surface area (Å²) in [5.41, 5.74) is 16.5. The van der Waals surface area contributed by atoms with Crippen molar-refractivity contribution < 1.29 is 24.2 Å². The molecule has 0 unspecified atom stereocenters. The molecule has 0 aliphatic heterocycles. The summed E-state index contributed by atoms with van der Waals surface area (Å²) in [5, 5.41) is 11.3. The molecule has 0 radical (unpaired) electrons. The van der Waals surface area contributed by atoms with Crippen LogP contribution in [0.15, 0.2) is 0 Å². The van der Waals surface area contributed by atoms with Crippen molar-refractivity contribution in [1.29, 1.82) is 0 Å². The van der Waals surface area contributed by atoms with Gasteiger partial charge in [0, 0.05) is 12.6 Å². The molecule has 8 N–H and O–H groups in total. The van der Waals surface area contributed by atoms with Crippen LogP contribution in [-0.4, -0.2) is 47.8 Å². The summed E-state index contributed by atoms with van der Waals surface area (Å²) in [6.45, 7) is 4.18. The zero-order valence-corrected chi connectivity index (χ0v) is 13.7. The molecule has 0 aliphatic carbocycles. The van der Waals surface area contributed by atoms with Crippen molar-refractivity contribution in [2.75, 3.05) is 6.54 Å². The molecule has 0 aromatic carbocycles. The second-order valence-corrected chi connectivity index (χ2v) is 5.91. The molecule has 0 aromatic rings. The Hall–Kier alpha value is -1.87. The average Bonchev–Trinajstić information content (AvgIpc) is 2.40. The van der Waals surface area contributed by atoms with Gasteiger partial charge in [-0.1, -0.05) is 13.8 Å². The van der Waals surface area contributed by atoms with E-state index in [2.05, 4.69) is 5.32 Å². The van der Waals surface area contributed by atoms with E-state index in [0.29, 0.717) is 19.4 Å². The highest BCUT2D eigenvalue weighted by atomic mass is 16.5. The summed E-state index contributed by atoms with van der Waals surface area (Å²) in [6.07, 6.45) is -0.0326. The third-order valence-corrected chi connectivity index (χ3v) is 3.16. The Morgan fingerprint density at radius 2 is 1.83 bits per heavy atom. The Balaban J connectivity index is 4.44. The molecule has 9 nitrogen and oxygen atoms in total. The largest absolute Gasteiger partial charge is 0.481 e. The Morgan fingerprint density at radius 1 is 1.22 bits per heavy atom. The van der Waals surface area contributed by atoms with Gasteiger partial charge in [-0.15, -0.1) is 0 Å². The fourth-order valence-corrected chi connectivity index (χ4v) is 2.04. The summed E-state index contributed by atoms with van der Waals surface area (Å²) in [7, 11) is 0. The number of hydrogen-bond acceptors (Lipinski definition) is 6. The molecule has 9 heteroatoms. The lowest BCUT2D eigenvalue weighted by molar-refractivity contribution is -0.155. The van der Waals surface area contributed by atoms with Crippen LogP contribution >= 0.6 is 0 Å². The third kappa shape index (κ3) is 10.5. The van der Waals surface area contributed by atoms with E-state index in [9.17, 15) is 14.4 Å². The van der Waals surface area contributed by atoms with Crippen molar-refractivity contribution in [3.05, 3.63) is 0 Å². The predicted octanol–water partition coefficient (Wildman–Crippen LogP) is -0.478. The molecular weight excluding hydrogens is 304 g/mol. The topological polar surface area (TPSA) is 171 Å². The van der Waals surface area contributed by atoms with E-state index in [0.717, 1.165) is 0 Å². The van der Waals surface area contributed by atoms with Gasteiger partial charge in [0.1, 0.15) is 12.1 Å². The van der Waals surface area contributed by atoms with E-state index in [4.69, 9.17) is 27.0 Å². The highest BCUT2D eigenvalue weighted by molar-refractivity contribution is 5.76. The average molecular weight is 332 g/mol. The molecule has 2 amide bonds. The van der Waals surface area contributed by atoms with Gasteiger partial charge in [0.25, 0.3) is 0 Å². The van der Waals surface area contributed by atoms with E-state index < -0.39 is 36.2 Å². The second-order valence-electron chi connectivity index (χ2n) is 5.91. The lowest BCUT2D eigenvalue weighted by Gasteiger charge is -2.25. The minimum atomic E-state index is -1.10. The molecule has 0 aliphatic rings. The standard InChI is InChI=1S/C14H28N4O5/c1-8(2)6-10(16)11(7-12(19)20)23-13(21)9(15)4-3-5-18-14(17)22/h8-11H,3-7,15-16H2,1-2H3,(H,19,20)(H3,17,18,22)/t9-,10-,11-/m0/s1. The minimum absolute atomic E-state index is 0.244. The van der Waals surface area contributed by atoms with E-state index in [-0.39, 0.29) is 18.8 Å². The summed E-state index contributed by atoms with van der Waals surface area (Å²) in [5.74, 6) is -1.55. The summed E-state index contributed by atoms with van der Waals surface area (Å²) < 4.78 is 5.18. The van der Waals surface area contributed by atoms with Gasteiger partial charge in [-0.2, -0.15) is 0 Å². The van der Waals surface area contributed by atoms with Gasteiger partial charge in [0.05, 0.1) is 6.42 Å². The first-order valence-electron chi connectivity index (χ1n) is 7.60. The molecule has 0 rings (SSSR count). The Labute approximate surface area is 135 Å². The summed E-state index contributed by atoms with van der Waals surface area (Å²) >= 11 is 0. The number of aliphatic carboxylic acids is 1. The Kier molecular flexibility index (Phi) is 9.91. The molecule has 0 saturated carbocycles. The molecule has 134 valence electrons. The quantitative estimate of drug-likeness (QED) is 0.251. The first-order valence-corrected chi connectivity index (χ1v) is 7.60. The fraction of sp³-hybridized carbons (Fsp3) is 0.786. The fourth-order valence-electron chi connectivity index (χ4n) is 2.04. The van der Waals surface area contributed by atoms with Crippen LogP contribution in [-0.2, 0) is 14.3 Å². The van der Waals surface area contributed by atoms with Crippen molar-refractivity contribution in [2.24, 2.45) is 23.1 Å². The maximum Gasteiger partial charge on any atom is 0.323 e. The number of carbonyl (C=O) groups is 3. The van der Waals surface area contributed by atoms with E-state index in [1.54, 1.807) is 0 Å². The van der Waals surface area contributed by atoms with Crippen molar-refractivity contribution in [3.8, 4) is 0 Å². The zero-order valence-electron chi connectivity index (χ0n) is 13.7. The number of rotatable bonds is 11. The number of primary amides is 1. The molecule has 0 spiro atoms. The van der Waals surface area contributed by atoms with Crippen molar-refractivity contribution in [1.82, 2.24) is 5.32 Å². The number of carbonyl (C=O) groups excluding carboxylic acids is 2. The predicted molar refractivity (Wildman–Crippen MR) is 84.4 cm³/mol. The van der Waals surface area contributed by atoms with Gasteiger partial charge in [-0.25, -0.2) is 4.79 Å². The third-order valence-electron chi connectivity index (χ3n) is 3.16. The van der Waals surface area contributed by atoms with Crippen molar-refractivity contribution >= 4 is 18.0 Å². The number of esters is 1. The summed E-state index contributed by atoms with van der Waals surface area (Å²) in [6, 6.07) is -2.13.